The van der Waals surface area contributed by atoms with E-state index in [9.17, 15) is 4.79 Å². The molecule has 1 aromatic heterocycles. The first-order chi connectivity index (χ1) is 7.74. The van der Waals surface area contributed by atoms with Crippen LogP contribution in [-0.2, 0) is 9.47 Å². The number of H-pyrrole nitrogens is 1. The quantitative estimate of drug-likeness (QED) is 0.722. The second-order valence-corrected chi connectivity index (χ2v) is 3.78. The van der Waals surface area contributed by atoms with E-state index in [2.05, 4.69) is 14.9 Å². The number of methoxy groups -OCH3 is 1. The molecular weight excluding hydrogens is 210 g/mol. The minimum Gasteiger partial charge on any atom is -0.464 e. The molecule has 0 saturated carbocycles. The topological polar surface area (TPSA) is 90.2 Å². The third-order valence-corrected chi connectivity index (χ3v) is 2.85. The van der Waals surface area contributed by atoms with Crippen LogP contribution >= 0.6 is 0 Å². The Balaban J connectivity index is 2.30. The van der Waals surface area contributed by atoms with Crippen LogP contribution in [-0.4, -0.2) is 36.5 Å². The largest absolute Gasteiger partial charge is 0.464 e. The van der Waals surface area contributed by atoms with Crippen molar-refractivity contribution in [2.24, 2.45) is 0 Å². The number of esters is 1. The van der Waals surface area contributed by atoms with Crippen molar-refractivity contribution in [1.82, 2.24) is 10.2 Å². The Morgan fingerprint density at radius 2 is 2.25 bits per heavy atom. The average molecular weight is 225 g/mol. The van der Waals surface area contributed by atoms with E-state index in [4.69, 9.17) is 10.5 Å². The van der Waals surface area contributed by atoms with E-state index in [0.29, 0.717) is 24.7 Å². The molecule has 0 spiro atoms. The van der Waals surface area contributed by atoms with Gasteiger partial charge in [-0.3, -0.25) is 5.10 Å². The van der Waals surface area contributed by atoms with Crippen molar-refractivity contribution in [2.75, 3.05) is 26.1 Å². The first kappa shape index (κ1) is 10.9. The van der Waals surface area contributed by atoms with Gasteiger partial charge in [0.05, 0.1) is 7.11 Å². The average Bonchev–Trinajstić information content (AvgIpc) is 2.71. The van der Waals surface area contributed by atoms with Gasteiger partial charge in [-0.25, -0.2) is 4.79 Å². The monoisotopic (exact) mass is 225 g/mol. The van der Waals surface area contributed by atoms with Crippen LogP contribution in [0, 0.1) is 0 Å². The van der Waals surface area contributed by atoms with Gasteiger partial charge in [0.25, 0.3) is 0 Å². The van der Waals surface area contributed by atoms with Gasteiger partial charge in [-0.05, 0) is 18.8 Å². The second kappa shape index (κ2) is 4.52. The van der Waals surface area contributed by atoms with Crippen molar-refractivity contribution in [2.45, 2.75) is 18.8 Å². The molecule has 3 N–H and O–H groups in total. The maximum absolute atomic E-state index is 11.5. The molecule has 0 aromatic carbocycles. The van der Waals surface area contributed by atoms with Gasteiger partial charge in [-0.2, -0.15) is 5.10 Å². The molecule has 1 aliphatic heterocycles. The Morgan fingerprint density at radius 1 is 1.56 bits per heavy atom. The molecule has 2 rings (SSSR count). The number of carbonyl (C=O) groups is 1. The van der Waals surface area contributed by atoms with Crippen LogP contribution < -0.4 is 5.73 Å². The van der Waals surface area contributed by atoms with E-state index >= 15 is 0 Å². The Labute approximate surface area is 93.1 Å². The molecule has 0 unspecified atom stereocenters. The molecule has 6 nitrogen and oxygen atoms in total. The van der Waals surface area contributed by atoms with Gasteiger partial charge in [0, 0.05) is 18.8 Å². The van der Waals surface area contributed by atoms with Crippen LogP contribution in [0.2, 0.25) is 0 Å². The zero-order valence-electron chi connectivity index (χ0n) is 9.16. The van der Waals surface area contributed by atoms with E-state index in [-0.39, 0.29) is 5.92 Å². The van der Waals surface area contributed by atoms with Gasteiger partial charge < -0.3 is 15.2 Å². The third-order valence-electron chi connectivity index (χ3n) is 2.85. The summed E-state index contributed by atoms with van der Waals surface area (Å²) in [4.78, 5) is 11.5. The molecule has 16 heavy (non-hydrogen) atoms. The van der Waals surface area contributed by atoms with E-state index in [1.807, 2.05) is 0 Å². The molecule has 88 valence electrons. The summed E-state index contributed by atoms with van der Waals surface area (Å²) in [6, 6.07) is 0. The first-order valence-electron chi connectivity index (χ1n) is 5.23. The van der Waals surface area contributed by atoms with Gasteiger partial charge in [0.15, 0.2) is 0 Å². The Kier molecular flexibility index (Phi) is 3.09. The molecule has 1 aliphatic rings. The molecule has 0 aliphatic carbocycles. The summed E-state index contributed by atoms with van der Waals surface area (Å²) in [6.45, 7) is 1.38. The third kappa shape index (κ3) is 1.88. The van der Waals surface area contributed by atoms with Crippen molar-refractivity contribution in [3.8, 4) is 0 Å². The highest BCUT2D eigenvalue weighted by molar-refractivity contribution is 5.90. The fourth-order valence-corrected chi connectivity index (χ4v) is 2.02. The highest BCUT2D eigenvalue weighted by atomic mass is 16.5. The zero-order valence-corrected chi connectivity index (χ0v) is 9.16. The number of rotatable bonds is 2. The number of aromatic nitrogens is 2. The molecule has 0 bridgehead atoms. The molecule has 0 amide bonds. The van der Waals surface area contributed by atoms with Gasteiger partial charge >= 0.3 is 5.97 Å². The number of nitrogens with two attached hydrogens (primary N) is 1. The van der Waals surface area contributed by atoms with Gasteiger partial charge in [0.1, 0.15) is 11.5 Å². The summed E-state index contributed by atoms with van der Waals surface area (Å²) in [6.07, 6.45) is 1.71. The number of ether oxygens (including phenoxy) is 2. The van der Waals surface area contributed by atoms with Crippen LogP contribution in [0.3, 0.4) is 0 Å². The SMILES string of the molecule is COC(=O)c1[nH]nc(N)c1C1CCOCC1. The number of hydrogen-bond donors (Lipinski definition) is 2. The molecule has 2 heterocycles. The zero-order chi connectivity index (χ0) is 11.5. The highest BCUT2D eigenvalue weighted by Gasteiger charge is 2.27. The number of aromatic amines is 1. The normalized spacial score (nSPS) is 17.3. The summed E-state index contributed by atoms with van der Waals surface area (Å²) < 4.78 is 9.96. The van der Waals surface area contributed by atoms with Crippen molar-refractivity contribution in [3.05, 3.63) is 11.3 Å². The van der Waals surface area contributed by atoms with Crippen molar-refractivity contribution >= 4 is 11.8 Å². The van der Waals surface area contributed by atoms with Crippen LogP contribution in [0.25, 0.3) is 0 Å². The lowest BCUT2D eigenvalue weighted by Crippen LogP contribution is -2.17. The minimum atomic E-state index is -0.425. The van der Waals surface area contributed by atoms with E-state index < -0.39 is 5.97 Å². The standard InChI is InChI=1S/C10H15N3O3/c1-15-10(14)8-7(9(11)13-12-8)6-2-4-16-5-3-6/h6H,2-5H2,1H3,(H3,11,12,13). The molecule has 0 atom stereocenters. The fraction of sp³-hybridized carbons (Fsp3) is 0.600. The van der Waals surface area contributed by atoms with Crippen molar-refractivity contribution in [1.29, 1.82) is 0 Å². The summed E-state index contributed by atoms with van der Waals surface area (Å²) in [5.74, 6) is 0.180. The second-order valence-electron chi connectivity index (χ2n) is 3.78. The molecule has 1 aromatic rings. The van der Waals surface area contributed by atoms with Crippen LogP contribution in [0.15, 0.2) is 0 Å². The summed E-state index contributed by atoms with van der Waals surface area (Å²) >= 11 is 0. The lowest BCUT2D eigenvalue weighted by Gasteiger charge is -2.22. The summed E-state index contributed by atoms with van der Waals surface area (Å²) in [5.41, 5.74) is 6.91. The first-order valence-corrected chi connectivity index (χ1v) is 5.23. The van der Waals surface area contributed by atoms with Crippen molar-refractivity contribution in [3.63, 3.8) is 0 Å². The Hall–Kier alpha value is -1.56. The van der Waals surface area contributed by atoms with E-state index in [0.717, 1.165) is 18.4 Å². The smallest absolute Gasteiger partial charge is 0.356 e. The number of nitrogens with zero attached hydrogens (tertiary/aromatic N) is 1. The van der Waals surface area contributed by atoms with Crippen LogP contribution in [0.4, 0.5) is 5.82 Å². The van der Waals surface area contributed by atoms with Crippen LogP contribution in [0.1, 0.15) is 34.8 Å². The van der Waals surface area contributed by atoms with Crippen LogP contribution in [0.5, 0.6) is 0 Å². The molecule has 1 saturated heterocycles. The molecular formula is C10H15N3O3. The molecule has 6 heteroatoms. The molecule has 0 radical (unpaired) electrons. The number of anilines is 1. The predicted molar refractivity (Wildman–Crippen MR) is 57.1 cm³/mol. The predicted octanol–water partition coefficient (Wildman–Crippen LogP) is 0.672. The number of carbonyl (C=O) groups excluding carboxylic acids is 1. The maximum Gasteiger partial charge on any atom is 0.356 e. The van der Waals surface area contributed by atoms with Gasteiger partial charge in [0.2, 0.25) is 0 Å². The highest BCUT2D eigenvalue weighted by Crippen LogP contribution is 2.32. The Bertz CT molecular complexity index is 383. The lowest BCUT2D eigenvalue weighted by molar-refractivity contribution is 0.0586. The lowest BCUT2D eigenvalue weighted by atomic mass is 9.91. The van der Waals surface area contributed by atoms with E-state index in [1.165, 1.54) is 7.11 Å². The van der Waals surface area contributed by atoms with Gasteiger partial charge in [-0.1, -0.05) is 0 Å². The molecule has 1 fully saturated rings. The fourth-order valence-electron chi connectivity index (χ4n) is 2.02. The summed E-state index contributed by atoms with van der Waals surface area (Å²) in [5, 5.41) is 6.50. The number of nitrogens with one attached hydrogen (secondary N) is 1. The summed E-state index contributed by atoms with van der Waals surface area (Å²) in [7, 11) is 1.34. The Morgan fingerprint density at radius 3 is 2.88 bits per heavy atom. The van der Waals surface area contributed by atoms with E-state index in [1.54, 1.807) is 0 Å². The number of hydrogen-bond acceptors (Lipinski definition) is 5. The van der Waals surface area contributed by atoms with Gasteiger partial charge in [-0.15, -0.1) is 0 Å². The minimum absolute atomic E-state index is 0.224. The van der Waals surface area contributed by atoms with Crippen molar-refractivity contribution < 1.29 is 14.3 Å². The maximum atomic E-state index is 11.5. The number of nitrogen functional groups attached to an aromatic ring is 1.